The minimum atomic E-state index is -4.14. The highest BCUT2D eigenvalue weighted by Gasteiger charge is 2.46. The number of nitrogens with zero attached hydrogens (tertiary/aromatic N) is 3. The summed E-state index contributed by atoms with van der Waals surface area (Å²) >= 11 is 0. The Morgan fingerprint density at radius 3 is 2.54 bits per heavy atom. The lowest BCUT2D eigenvalue weighted by atomic mass is 9.88. The summed E-state index contributed by atoms with van der Waals surface area (Å²) in [5.74, 6) is -0.0790. The molecule has 1 aromatic heterocycles. The van der Waals surface area contributed by atoms with Crippen LogP contribution in [0.4, 0.5) is 23.7 Å². The monoisotopic (exact) mass is 346 g/mol. The zero-order valence-electron chi connectivity index (χ0n) is 13.6. The molecule has 0 aliphatic carbocycles. The van der Waals surface area contributed by atoms with Crippen molar-refractivity contribution in [3.05, 3.63) is 6.20 Å². The average molecular weight is 346 g/mol. The van der Waals surface area contributed by atoms with Crippen LogP contribution in [0.15, 0.2) is 6.20 Å². The van der Waals surface area contributed by atoms with Gasteiger partial charge in [-0.3, -0.25) is 4.68 Å². The van der Waals surface area contributed by atoms with Crippen molar-refractivity contribution in [2.45, 2.75) is 50.4 Å². The Morgan fingerprint density at radius 1 is 1.38 bits per heavy atom. The Bertz CT molecular complexity index is 602. The number of alkyl halides is 3. The third-order valence-electron chi connectivity index (χ3n) is 4.82. The predicted octanol–water partition coefficient (Wildman–Crippen LogP) is 3.16. The molecular weight excluding hydrogens is 325 g/mol. The van der Waals surface area contributed by atoms with E-state index in [0.29, 0.717) is 24.4 Å². The third kappa shape index (κ3) is 3.44. The molecule has 24 heavy (non-hydrogen) atoms. The fraction of sp³-hybridized carbons (Fsp3) is 0.733. The number of aromatic nitrogens is 2. The van der Waals surface area contributed by atoms with Crippen molar-refractivity contribution in [2.75, 3.05) is 12.4 Å². The topological polar surface area (TPSA) is 59.4 Å². The predicted molar refractivity (Wildman–Crippen MR) is 80.8 cm³/mol. The van der Waals surface area contributed by atoms with Gasteiger partial charge in [0, 0.05) is 25.6 Å². The quantitative estimate of drug-likeness (QED) is 0.915. The first-order chi connectivity index (χ1) is 11.3. The second-order valence-corrected chi connectivity index (χ2v) is 6.60. The van der Waals surface area contributed by atoms with Gasteiger partial charge in [-0.25, -0.2) is 4.79 Å². The number of aryl methyl sites for hydroxylation is 1. The molecule has 2 aliphatic heterocycles. The van der Waals surface area contributed by atoms with E-state index >= 15 is 0 Å². The summed E-state index contributed by atoms with van der Waals surface area (Å²) in [5, 5.41) is 6.84. The fourth-order valence-corrected chi connectivity index (χ4v) is 4.00. The summed E-state index contributed by atoms with van der Waals surface area (Å²) < 4.78 is 44.5. The number of nitrogens with one attached hydrogen (secondary N) is 1. The van der Waals surface area contributed by atoms with Gasteiger partial charge in [0.05, 0.1) is 13.3 Å². The minimum absolute atomic E-state index is 0.126. The van der Waals surface area contributed by atoms with Crippen molar-refractivity contribution in [2.24, 2.45) is 13.0 Å². The molecule has 0 aromatic carbocycles. The van der Waals surface area contributed by atoms with Gasteiger partial charge in [0.2, 0.25) is 0 Å². The Morgan fingerprint density at radius 2 is 2.00 bits per heavy atom. The maximum absolute atomic E-state index is 12.6. The van der Waals surface area contributed by atoms with Crippen molar-refractivity contribution in [1.82, 2.24) is 14.7 Å². The summed E-state index contributed by atoms with van der Waals surface area (Å²) in [6.45, 7) is 0. The van der Waals surface area contributed by atoms with Crippen LogP contribution >= 0.6 is 0 Å². The highest BCUT2D eigenvalue weighted by Crippen LogP contribution is 2.43. The van der Waals surface area contributed by atoms with Gasteiger partial charge in [0.1, 0.15) is 5.69 Å². The number of fused-ring (bicyclic) bond motifs is 2. The van der Waals surface area contributed by atoms with Gasteiger partial charge < -0.3 is 15.0 Å². The largest absolute Gasteiger partial charge is 0.478 e. The van der Waals surface area contributed by atoms with Gasteiger partial charge in [0.25, 0.3) is 5.88 Å². The Hall–Kier alpha value is -1.93. The van der Waals surface area contributed by atoms with Gasteiger partial charge in [-0.15, -0.1) is 5.10 Å². The number of carbonyl (C=O) groups is 1. The van der Waals surface area contributed by atoms with Gasteiger partial charge in [-0.2, -0.15) is 13.2 Å². The van der Waals surface area contributed by atoms with Crippen molar-refractivity contribution in [1.29, 1.82) is 0 Å². The number of hydrogen-bond donors (Lipinski definition) is 1. The molecule has 3 heterocycles. The lowest BCUT2D eigenvalue weighted by Crippen LogP contribution is -2.48. The highest BCUT2D eigenvalue weighted by molar-refractivity contribution is 5.91. The second-order valence-electron chi connectivity index (χ2n) is 6.60. The standard InChI is InChI=1S/C15H21F3N4O2/c1-21-8-12(13(20-21)24-2)19-14(23)22-10-3-4-11(22)6-9(5-10)7-15(16,17)18/h8-11H,3-7H2,1-2H3,(H,19,23). The number of rotatable bonds is 3. The zero-order valence-corrected chi connectivity index (χ0v) is 13.6. The lowest BCUT2D eigenvalue weighted by molar-refractivity contribution is -0.148. The Kier molecular flexibility index (Phi) is 4.35. The molecule has 3 rings (SSSR count). The van der Waals surface area contributed by atoms with Crippen LogP contribution in [0, 0.1) is 5.92 Å². The van der Waals surface area contributed by atoms with Crippen LogP contribution in [0.2, 0.25) is 0 Å². The Balaban J connectivity index is 1.67. The van der Waals surface area contributed by atoms with E-state index in [9.17, 15) is 18.0 Å². The van der Waals surface area contributed by atoms with Crippen molar-refractivity contribution < 1.29 is 22.7 Å². The van der Waals surface area contributed by atoms with E-state index in [-0.39, 0.29) is 24.0 Å². The van der Waals surface area contributed by atoms with Gasteiger partial charge >= 0.3 is 12.2 Å². The number of ether oxygens (including phenoxy) is 1. The summed E-state index contributed by atoms with van der Waals surface area (Å²) in [7, 11) is 3.18. The molecule has 2 atom stereocenters. The van der Waals surface area contributed by atoms with E-state index in [0.717, 1.165) is 12.8 Å². The van der Waals surface area contributed by atoms with Crippen molar-refractivity contribution in [3.8, 4) is 5.88 Å². The first kappa shape index (κ1) is 16.9. The minimum Gasteiger partial charge on any atom is -0.478 e. The van der Waals surface area contributed by atoms with E-state index in [1.807, 2.05) is 0 Å². The summed E-state index contributed by atoms with van der Waals surface area (Å²) in [6, 6.07) is -0.545. The molecule has 9 heteroatoms. The molecule has 2 saturated heterocycles. The van der Waals surface area contributed by atoms with E-state index in [1.165, 1.54) is 11.8 Å². The van der Waals surface area contributed by atoms with E-state index in [2.05, 4.69) is 10.4 Å². The van der Waals surface area contributed by atoms with E-state index < -0.39 is 12.6 Å². The van der Waals surface area contributed by atoms with Crippen LogP contribution in [0.25, 0.3) is 0 Å². The normalized spacial score (nSPS) is 26.5. The maximum Gasteiger partial charge on any atom is 0.389 e. The molecule has 134 valence electrons. The summed E-state index contributed by atoms with van der Waals surface area (Å²) in [6.07, 6.45) is -0.924. The molecule has 1 N–H and O–H groups in total. The van der Waals surface area contributed by atoms with Gasteiger partial charge in [-0.1, -0.05) is 0 Å². The summed E-state index contributed by atoms with van der Waals surface area (Å²) in [4.78, 5) is 14.3. The van der Waals surface area contributed by atoms with Crippen molar-refractivity contribution >= 4 is 11.7 Å². The molecule has 2 bridgehead atoms. The molecule has 2 amide bonds. The number of halogens is 3. The second kappa shape index (κ2) is 6.18. The van der Waals surface area contributed by atoms with Crippen LogP contribution in [0.1, 0.15) is 32.1 Å². The molecule has 0 spiro atoms. The molecule has 2 fully saturated rings. The highest BCUT2D eigenvalue weighted by atomic mass is 19.4. The Labute approximate surface area is 137 Å². The first-order valence-electron chi connectivity index (χ1n) is 8.00. The molecular formula is C15H21F3N4O2. The van der Waals surface area contributed by atoms with E-state index in [1.54, 1.807) is 18.1 Å². The number of piperidine rings is 1. The number of amides is 2. The third-order valence-corrected chi connectivity index (χ3v) is 4.82. The number of hydrogen-bond acceptors (Lipinski definition) is 3. The molecule has 0 radical (unpaired) electrons. The molecule has 2 aliphatic rings. The van der Waals surface area contributed by atoms with Crippen LogP contribution < -0.4 is 10.1 Å². The fourth-order valence-electron chi connectivity index (χ4n) is 4.00. The van der Waals surface area contributed by atoms with Gasteiger partial charge in [-0.05, 0) is 31.6 Å². The van der Waals surface area contributed by atoms with Crippen LogP contribution in [0.5, 0.6) is 5.88 Å². The number of methoxy groups -OCH3 is 1. The molecule has 0 saturated carbocycles. The van der Waals surface area contributed by atoms with Crippen LogP contribution in [-0.4, -0.2) is 46.1 Å². The number of carbonyl (C=O) groups excluding carboxylic acids is 1. The number of anilines is 1. The van der Waals surface area contributed by atoms with E-state index in [4.69, 9.17) is 4.74 Å². The summed E-state index contributed by atoms with van der Waals surface area (Å²) in [5.41, 5.74) is 0.460. The van der Waals surface area contributed by atoms with Gasteiger partial charge in [0.15, 0.2) is 0 Å². The van der Waals surface area contributed by atoms with Crippen molar-refractivity contribution in [3.63, 3.8) is 0 Å². The number of urea groups is 1. The molecule has 1 aromatic rings. The maximum atomic E-state index is 12.6. The molecule has 2 unspecified atom stereocenters. The molecule has 6 nitrogen and oxygen atoms in total. The lowest BCUT2D eigenvalue weighted by Gasteiger charge is -2.39. The first-order valence-corrected chi connectivity index (χ1v) is 8.00. The van der Waals surface area contributed by atoms with Crippen LogP contribution in [0.3, 0.4) is 0 Å². The average Bonchev–Trinajstić information content (AvgIpc) is 2.94. The zero-order chi connectivity index (χ0) is 17.5. The van der Waals surface area contributed by atoms with Crippen LogP contribution in [-0.2, 0) is 7.05 Å². The smallest absolute Gasteiger partial charge is 0.389 e. The SMILES string of the molecule is COc1nn(C)cc1NC(=O)N1C2CCC1CC(CC(F)(F)F)C2.